The molecule has 4 rings (SSSR count). The van der Waals surface area contributed by atoms with Gasteiger partial charge in [0.25, 0.3) is 0 Å². The fourth-order valence-electron chi connectivity index (χ4n) is 5.09. The van der Waals surface area contributed by atoms with Crippen LogP contribution in [0.25, 0.3) is 0 Å². The molecule has 0 aliphatic heterocycles. The Morgan fingerprint density at radius 3 is 2.21 bits per heavy atom. The second-order valence-corrected chi connectivity index (χ2v) is 13.0. The van der Waals surface area contributed by atoms with Crippen molar-refractivity contribution in [3.8, 4) is 0 Å². The van der Waals surface area contributed by atoms with E-state index in [1.165, 1.54) is 37.2 Å². The molecule has 8 nitrogen and oxygen atoms in total. The number of nitrogens with zero attached hydrogens (tertiary/aromatic N) is 3. The zero-order chi connectivity index (χ0) is 30.3. The Bertz CT molecular complexity index is 1480. The minimum Gasteiger partial charge on any atom is -0.352 e. The second kappa shape index (κ2) is 14.1. The lowest BCUT2D eigenvalue weighted by Crippen LogP contribution is -2.55. The third-order valence-corrected chi connectivity index (χ3v) is 9.59. The molecule has 0 spiro atoms. The molecule has 0 heterocycles. The van der Waals surface area contributed by atoms with Gasteiger partial charge in [-0.1, -0.05) is 85.1 Å². The highest BCUT2D eigenvalue weighted by atomic mass is 35.5. The van der Waals surface area contributed by atoms with Crippen molar-refractivity contribution in [3.63, 3.8) is 0 Å². The summed E-state index contributed by atoms with van der Waals surface area (Å²) in [7, 11) is -1.68. The second-order valence-electron chi connectivity index (χ2n) is 10.6. The van der Waals surface area contributed by atoms with E-state index in [9.17, 15) is 22.4 Å². The Morgan fingerprint density at radius 1 is 0.952 bits per heavy atom. The summed E-state index contributed by atoms with van der Waals surface area (Å²) in [6, 6.07) is 20.7. The van der Waals surface area contributed by atoms with Crippen molar-refractivity contribution in [3.05, 3.63) is 101 Å². The minimum atomic E-state index is -4.30. The number of rotatable bonds is 12. The highest BCUT2D eigenvalue weighted by Gasteiger charge is 2.36. The molecule has 0 saturated heterocycles. The predicted molar refractivity (Wildman–Crippen MR) is 163 cm³/mol. The molecule has 1 saturated carbocycles. The van der Waals surface area contributed by atoms with Crippen LogP contribution in [0.2, 0.25) is 5.02 Å². The summed E-state index contributed by atoms with van der Waals surface area (Å²) in [5.41, 5.74) is 1.15. The first-order valence-corrected chi connectivity index (χ1v) is 15.7. The normalized spacial score (nSPS) is 14.5. The summed E-state index contributed by atoms with van der Waals surface area (Å²) in [5.74, 6) is -1.81. The Labute approximate surface area is 252 Å². The average molecular weight is 615 g/mol. The van der Waals surface area contributed by atoms with E-state index in [0.717, 1.165) is 45.9 Å². The number of carbonyl (C=O) groups is 2. The highest BCUT2D eigenvalue weighted by molar-refractivity contribution is 7.90. The molecule has 2 amide bonds. The van der Waals surface area contributed by atoms with Crippen LogP contribution in [0, 0.1) is 5.82 Å². The Morgan fingerprint density at radius 2 is 1.57 bits per heavy atom. The van der Waals surface area contributed by atoms with Crippen LogP contribution in [-0.4, -0.2) is 62.2 Å². The smallest absolute Gasteiger partial charge is 0.304 e. The number of hydrogen-bond donors (Lipinski definition) is 1. The zero-order valence-corrected chi connectivity index (χ0v) is 25.3. The largest absolute Gasteiger partial charge is 0.352 e. The van der Waals surface area contributed by atoms with Gasteiger partial charge in [0.05, 0.1) is 5.69 Å². The van der Waals surface area contributed by atoms with Crippen molar-refractivity contribution in [2.45, 2.75) is 50.7 Å². The molecule has 0 aromatic heterocycles. The van der Waals surface area contributed by atoms with Crippen molar-refractivity contribution in [1.82, 2.24) is 14.5 Å². The maximum absolute atomic E-state index is 15.0. The first kappa shape index (κ1) is 31.5. The van der Waals surface area contributed by atoms with Gasteiger partial charge in [0.15, 0.2) is 0 Å². The number of benzene rings is 3. The van der Waals surface area contributed by atoms with E-state index >= 15 is 0 Å². The van der Waals surface area contributed by atoms with Gasteiger partial charge in [-0.05, 0) is 42.2 Å². The van der Waals surface area contributed by atoms with Gasteiger partial charge in [0.1, 0.15) is 18.4 Å². The molecule has 1 aliphatic carbocycles. The number of carbonyl (C=O) groups excluding carboxylic acids is 2. The van der Waals surface area contributed by atoms with Gasteiger partial charge in [-0.25, -0.2) is 8.70 Å². The van der Waals surface area contributed by atoms with Crippen molar-refractivity contribution in [2.75, 3.05) is 24.9 Å². The summed E-state index contributed by atoms with van der Waals surface area (Å²) in [6.45, 7) is -0.783. The predicted octanol–water partition coefficient (Wildman–Crippen LogP) is 4.79. The van der Waals surface area contributed by atoms with E-state index in [2.05, 4.69) is 5.32 Å². The van der Waals surface area contributed by atoms with Crippen LogP contribution in [0.4, 0.5) is 10.1 Å². The number of para-hydroxylation sites is 1. The van der Waals surface area contributed by atoms with Crippen molar-refractivity contribution in [2.24, 2.45) is 0 Å². The fourth-order valence-corrected chi connectivity index (χ4v) is 6.35. The van der Waals surface area contributed by atoms with Crippen LogP contribution in [-0.2, 0) is 32.8 Å². The van der Waals surface area contributed by atoms with Gasteiger partial charge in [-0.3, -0.25) is 9.59 Å². The summed E-state index contributed by atoms with van der Waals surface area (Å²) < 4.78 is 43.4. The lowest BCUT2D eigenvalue weighted by molar-refractivity contribution is -0.140. The van der Waals surface area contributed by atoms with Gasteiger partial charge >= 0.3 is 10.2 Å². The van der Waals surface area contributed by atoms with Crippen molar-refractivity contribution >= 4 is 39.3 Å². The van der Waals surface area contributed by atoms with Gasteiger partial charge < -0.3 is 10.2 Å². The first-order chi connectivity index (χ1) is 20.1. The molecule has 0 bridgehead atoms. The number of hydrogen-bond acceptors (Lipinski definition) is 4. The number of halogens is 2. The first-order valence-electron chi connectivity index (χ1n) is 13.9. The lowest BCUT2D eigenvalue weighted by Gasteiger charge is -2.35. The molecule has 224 valence electrons. The zero-order valence-electron chi connectivity index (χ0n) is 23.7. The van der Waals surface area contributed by atoms with E-state index < -0.39 is 34.5 Å². The molecule has 3 aromatic carbocycles. The van der Waals surface area contributed by atoms with E-state index in [0.29, 0.717) is 10.6 Å². The molecule has 11 heteroatoms. The quantitative estimate of drug-likeness (QED) is 0.318. The fraction of sp³-hybridized carbons (Fsp3) is 0.355. The van der Waals surface area contributed by atoms with Gasteiger partial charge in [0.2, 0.25) is 11.8 Å². The van der Waals surface area contributed by atoms with Crippen LogP contribution >= 0.6 is 11.6 Å². The molecule has 1 aliphatic rings. The third-order valence-electron chi connectivity index (χ3n) is 7.41. The van der Waals surface area contributed by atoms with E-state index in [-0.39, 0.29) is 30.6 Å². The van der Waals surface area contributed by atoms with Crippen LogP contribution in [0.5, 0.6) is 0 Å². The molecular formula is C31H36ClFN4O4S. The molecule has 1 fully saturated rings. The highest BCUT2D eigenvalue weighted by Crippen LogP contribution is 2.26. The van der Waals surface area contributed by atoms with Crippen molar-refractivity contribution < 1.29 is 22.4 Å². The van der Waals surface area contributed by atoms with Crippen LogP contribution in [0.1, 0.15) is 36.8 Å². The van der Waals surface area contributed by atoms with Crippen molar-refractivity contribution in [1.29, 1.82) is 0 Å². The van der Waals surface area contributed by atoms with Crippen LogP contribution in [0.3, 0.4) is 0 Å². The maximum atomic E-state index is 15.0. The number of amides is 2. The summed E-state index contributed by atoms with van der Waals surface area (Å²) in [6.07, 6.45) is 3.91. The molecular weight excluding hydrogens is 579 g/mol. The topological polar surface area (TPSA) is 90.0 Å². The van der Waals surface area contributed by atoms with E-state index in [1.807, 2.05) is 30.3 Å². The SMILES string of the molecule is CN(C)S(=O)(=O)N(CC(=O)N(Cc1ccccc1Cl)[C@@H](Cc1ccccc1)C(=O)NC1CCCC1)c1ccccc1F. The average Bonchev–Trinajstić information content (AvgIpc) is 3.48. The minimum absolute atomic E-state index is 0.00271. The monoisotopic (exact) mass is 614 g/mol. The molecule has 1 N–H and O–H groups in total. The van der Waals surface area contributed by atoms with Gasteiger partial charge in [-0.15, -0.1) is 0 Å². The maximum Gasteiger partial charge on any atom is 0.304 e. The summed E-state index contributed by atoms with van der Waals surface area (Å²) in [5, 5.41) is 3.51. The van der Waals surface area contributed by atoms with E-state index in [1.54, 1.807) is 24.3 Å². The molecule has 3 aromatic rings. The van der Waals surface area contributed by atoms with Gasteiger partial charge in [0, 0.05) is 38.1 Å². The number of anilines is 1. The Hall–Kier alpha value is -3.47. The van der Waals surface area contributed by atoms with Crippen LogP contribution < -0.4 is 9.62 Å². The molecule has 0 radical (unpaired) electrons. The lowest BCUT2D eigenvalue weighted by atomic mass is 10.0. The Kier molecular flexibility index (Phi) is 10.6. The standard InChI is InChI=1S/C31H36ClFN4O4S/c1-35(2)42(40,41)37(28-19-11-10-18-27(28)33)22-30(38)36(21-24-14-6-9-17-26(24)32)29(20-23-12-4-3-5-13-23)31(39)34-25-15-7-8-16-25/h3-6,9-14,17-19,25,29H,7-8,15-16,20-22H2,1-2H3,(H,34,39)/t29-/m0/s1. The number of nitrogens with one attached hydrogen (secondary N) is 1. The van der Waals surface area contributed by atoms with Gasteiger partial charge in [-0.2, -0.15) is 12.7 Å². The third kappa shape index (κ3) is 7.67. The molecule has 42 heavy (non-hydrogen) atoms. The van der Waals surface area contributed by atoms with Crippen LogP contribution in [0.15, 0.2) is 78.9 Å². The molecule has 1 atom stereocenters. The molecule has 0 unspecified atom stereocenters. The summed E-state index contributed by atoms with van der Waals surface area (Å²) >= 11 is 6.49. The Balaban J connectivity index is 1.77. The van der Waals surface area contributed by atoms with E-state index in [4.69, 9.17) is 11.6 Å². The summed E-state index contributed by atoms with van der Waals surface area (Å²) in [4.78, 5) is 29.5.